The van der Waals surface area contributed by atoms with E-state index in [0.29, 0.717) is 18.9 Å². The largest absolute Gasteiger partial charge is 0.497 e. The lowest BCUT2D eigenvalue weighted by Crippen LogP contribution is -2.45. The highest BCUT2D eigenvalue weighted by molar-refractivity contribution is 5.90. The van der Waals surface area contributed by atoms with Crippen molar-refractivity contribution in [2.24, 2.45) is 5.92 Å². The van der Waals surface area contributed by atoms with Gasteiger partial charge < -0.3 is 19.7 Å². The average Bonchev–Trinajstić information content (AvgIpc) is 2.73. The summed E-state index contributed by atoms with van der Waals surface area (Å²) in [6, 6.07) is 7.38. The zero-order chi connectivity index (χ0) is 19.1. The third-order valence-corrected chi connectivity index (χ3v) is 5.51. The van der Waals surface area contributed by atoms with Crippen LogP contribution in [0, 0.1) is 5.92 Å². The summed E-state index contributed by atoms with van der Waals surface area (Å²) < 4.78 is 10.8. The molecule has 2 saturated heterocycles. The monoisotopic (exact) mass is 374 g/mol. The highest BCUT2D eigenvalue weighted by Crippen LogP contribution is 2.25. The zero-order valence-electron chi connectivity index (χ0n) is 16.1. The van der Waals surface area contributed by atoms with Gasteiger partial charge in [-0.3, -0.25) is 9.59 Å². The number of benzene rings is 1. The first-order chi connectivity index (χ1) is 13.2. The summed E-state index contributed by atoms with van der Waals surface area (Å²) in [5.41, 5.74) is 0.757. The highest BCUT2D eigenvalue weighted by atomic mass is 16.5. The van der Waals surface area contributed by atoms with Crippen molar-refractivity contribution in [3.8, 4) is 5.75 Å². The molecule has 6 heteroatoms. The molecule has 2 amide bonds. The Morgan fingerprint density at radius 2 is 2.04 bits per heavy atom. The van der Waals surface area contributed by atoms with E-state index in [0.717, 1.165) is 63.1 Å². The number of amides is 2. The predicted molar refractivity (Wildman–Crippen MR) is 104 cm³/mol. The second-order valence-electron chi connectivity index (χ2n) is 7.44. The molecule has 1 atom stereocenters. The second kappa shape index (κ2) is 9.74. The number of ether oxygens (including phenoxy) is 2. The van der Waals surface area contributed by atoms with Crippen LogP contribution in [0.1, 0.15) is 44.9 Å². The summed E-state index contributed by atoms with van der Waals surface area (Å²) >= 11 is 0. The number of carbonyl (C=O) groups is 2. The van der Waals surface area contributed by atoms with Gasteiger partial charge in [-0.1, -0.05) is 6.07 Å². The van der Waals surface area contributed by atoms with E-state index in [4.69, 9.17) is 9.47 Å². The van der Waals surface area contributed by atoms with Gasteiger partial charge in [0.1, 0.15) is 11.9 Å². The van der Waals surface area contributed by atoms with Gasteiger partial charge >= 0.3 is 0 Å². The predicted octanol–water partition coefficient (Wildman–Crippen LogP) is 3.22. The summed E-state index contributed by atoms with van der Waals surface area (Å²) in [5.74, 6) is 1.41. The molecule has 2 aliphatic heterocycles. The first kappa shape index (κ1) is 19.7. The standard InChI is InChI=1S/C21H30N2O4/c1-26-18-6-4-5-17(15-18)22-20(24)9-8-16-10-12-23(13-11-16)21(25)19-7-2-3-14-27-19/h4-6,15-16,19H,2-3,7-14H2,1H3,(H,22,24). The minimum absolute atomic E-state index is 0.0253. The van der Waals surface area contributed by atoms with Gasteiger partial charge in [0.15, 0.2) is 0 Å². The molecule has 1 aromatic rings. The van der Waals surface area contributed by atoms with Crippen LogP contribution in [0.5, 0.6) is 5.75 Å². The van der Waals surface area contributed by atoms with Crippen molar-refractivity contribution in [2.75, 3.05) is 32.1 Å². The molecule has 2 heterocycles. The van der Waals surface area contributed by atoms with Crippen LogP contribution in [-0.2, 0) is 14.3 Å². The van der Waals surface area contributed by atoms with Crippen molar-refractivity contribution in [2.45, 2.75) is 51.0 Å². The SMILES string of the molecule is COc1cccc(NC(=O)CCC2CCN(C(=O)C3CCCCO3)CC2)c1. The Balaban J connectivity index is 1.37. The lowest BCUT2D eigenvalue weighted by atomic mass is 9.91. The van der Waals surface area contributed by atoms with Crippen LogP contribution in [0.25, 0.3) is 0 Å². The van der Waals surface area contributed by atoms with Crippen LogP contribution in [0.3, 0.4) is 0 Å². The van der Waals surface area contributed by atoms with E-state index in [2.05, 4.69) is 5.32 Å². The fourth-order valence-corrected chi connectivity index (χ4v) is 3.84. The average molecular weight is 374 g/mol. The van der Waals surface area contributed by atoms with Crippen molar-refractivity contribution in [1.29, 1.82) is 0 Å². The Bertz CT molecular complexity index is 635. The summed E-state index contributed by atoms with van der Waals surface area (Å²) in [6.07, 6.45) is 6.04. The zero-order valence-corrected chi connectivity index (χ0v) is 16.1. The van der Waals surface area contributed by atoms with Gasteiger partial charge in [-0.15, -0.1) is 0 Å². The number of methoxy groups -OCH3 is 1. The molecule has 3 rings (SSSR count). The minimum atomic E-state index is -0.232. The third-order valence-electron chi connectivity index (χ3n) is 5.51. The quantitative estimate of drug-likeness (QED) is 0.830. The van der Waals surface area contributed by atoms with Gasteiger partial charge in [0.2, 0.25) is 5.91 Å². The van der Waals surface area contributed by atoms with E-state index in [-0.39, 0.29) is 17.9 Å². The number of hydrogen-bond donors (Lipinski definition) is 1. The van der Waals surface area contributed by atoms with E-state index in [1.165, 1.54) is 0 Å². The van der Waals surface area contributed by atoms with E-state index in [1.54, 1.807) is 7.11 Å². The Morgan fingerprint density at radius 3 is 2.74 bits per heavy atom. The molecule has 1 N–H and O–H groups in total. The van der Waals surface area contributed by atoms with Crippen molar-refractivity contribution < 1.29 is 19.1 Å². The molecule has 0 aliphatic carbocycles. The number of anilines is 1. The summed E-state index contributed by atoms with van der Waals surface area (Å²) in [7, 11) is 1.61. The first-order valence-electron chi connectivity index (χ1n) is 10.00. The van der Waals surface area contributed by atoms with Crippen LogP contribution in [0.15, 0.2) is 24.3 Å². The molecule has 1 aromatic carbocycles. The molecule has 0 aromatic heterocycles. The van der Waals surface area contributed by atoms with E-state index >= 15 is 0 Å². The molecule has 27 heavy (non-hydrogen) atoms. The van der Waals surface area contributed by atoms with Gasteiger partial charge in [0.05, 0.1) is 7.11 Å². The molecule has 6 nitrogen and oxygen atoms in total. The Morgan fingerprint density at radius 1 is 1.22 bits per heavy atom. The number of nitrogens with one attached hydrogen (secondary N) is 1. The molecule has 0 bridgehead atoms. The van der Waals surface area contributed by atoms with Crippen LogP contribution in [0.2, 0.25) is 0 Å². The van der Waals surface area contributed by atoms with Crippen LogP contribution in [-0.4, -0.2) is 49.6 Å². The van der Waals surface area contributed by atoms with E-state index in [1.807, 2.05) is 29.2 Å². The van der Waals surface area contributed by atoms with Crippen molar-refractivity contribution in [3.05, 3.63) is 24.3 Å². The Kier molecular flexibility index (Phi) is 7.10. The van der Waals surface area contributed by atoms with Gasteiger partial charge in [-0.2, -0.15) is 0 Å². The second-order valence-corrected chi connectivity index (χ2v) is 7.44. The van der Waals surface area contributed by atoms with Gasteiger partial charge in [0, 0.05) is 37.9 Å². The molecule has 148 valence electrons. The Hall–Kier alpha value is -2.08. The van der Waals surface area contributed by atoms with Gasteiger partial charge in [0.25, 0.3) is 5.91 Å². The third kappa shape index (κ3) is 5.70. The number of piperidine rings is 1. The summed E-state index contributed by atoms with van der Waals surface area (Å²) in [6.45, 7) is 2.26. The molecular weight excluding hydrogens is 344 g/mol. The molecule has 0 spiro atoms. The number of likely N-dealkylation sites (tertiary alicyclic amines) is 1. The highest BCUT2D eigenvalue weighted by Gasteiger charge is 2.29. The number of nitrogens with zero attached hydrogens (tertiary/aromatic N) is 1. The topological polar surface area (TPSA) is 67.9 Å². The smallest absolute Gasteiger partial charge is 0.251 e. The normalized spacial score (nSPS) is 20.9. The summed E-state index contributed by atoms with van der Waals surface area (Å²) in [4.78, 5) is 26.7. The maximum absolute atomic E-state index is 12.5. The van der Waals surface area contributed by atoms with Crippen molar-refractivity contribution >= 4 is 17.5 Å². The maximum Gasteiger partial charge on any atom is 0.251 e. The number of hydrogen-bond acceptors (Lipinski definition) is 4. The number of rotatable bonds is 6. The van der Waals surface area contributed by atoms with Crippen LogP contribution in [0.4, 0.5) is 5.69 Å². The lowest BCUT2D eigenvalue weighted by molar-refractivity contribution is -0.148. The molecular formula is C21H30N2O4. The van der Waals surface area contributed by atoms with E-state index < -0.39 is 0 Å². The Labute approximate surface area is 161 Å². The molecule has 0 radical (unpaired) electrons. The fourth-order valence-electron chi connectivity index (χ4n) is 3.84. The van der Waals surface area contributed by atoms with Crippen LogP contribution < -0.4 is 10.1 Å². The van der Waals surface area contributed by atoms with Crippen molar-refractivity contribution in [1.82, 2.24) is 4.90 Å². The van der Waals surface area contributed by atoms with E-state index in [9.17, 15) is 9.59 Å². The first-order valence-corrected chi connectivity index (χ1v) is 10.00. The van der Waals surface area contributed by atoms with Gasteiger partial charge in [-0.05, 0) is 56.6 Å². The summed E-state index contributed by atoms with van der Waals surface area (Å²) in [5, 5.41) is 2.93. The maximum atomic E-state index is 12.5. The minimum Gasteiger partial charge on any atom is -0.497 e. The number of carbonyl (C=O) groups excluding carboxylic acids is 2. The molecule has 0 saturated carbocycles. The van der Waals surface area contributed by atoms with Crippen molar-refractivity contribution in [3.63, 3.8) is 0 Å². The molecule has 1 unspecified atom stereocenters. The fraction of sp³-hybridized carbons (Fsp3) is 0.619. The molecule has 2 fully saturated rings. The lowest BCUT2D eigenvalue weighted by Gasteiger charge is -2.35. The molecule has 2 aliphatic rings. The van der Waals surface area contributed by atoms with Gasteiger partial charge in [-0.25, -0.2) is 0 Å². The van der Waals surface area contributed by atoms with Crippen LogP contribution >= 0.6 is 0 Å².